The number of hydrogen-bond acceptors (Lipinski definition) is 5. The molecule has 0 saturated carbocycles. The molecular weight excluding hydrogens is 430 g/mol. The molecule has 2 saturated heterocycles. The van der Waals surface area contributed by atoms with Gasteiger partial charge in [0, 0.05) is 37.7 Å². The molecule has 3 aliphatic heterocycles. The van der Waals surface area contributed by atoms with Gasteiger partial charge in [-0.3, -0.25) is 9.59 Å². The van der Waals surface area contributed by atoms with Crippen LogP contribution in [0.3, 0.4) is 0 Å². The maximum Gasteiger partial charge on any atom is 0.265 e. The molecule has 2 amide bonds. The molecule has 1 N–H and O–H groups in total. The molecule has 0 radical (unpaired) electrons. The highest BCUT2D eigenvalue weighted by molar-refractivity contribution is 7.89. The average Bonchev–Trinajstić information content (AvgIpc) is 2.79. The number of fused-ring (bicyclic) bond motifs is 1. The van der Waals surface area contributed by atoms with Crippen LogP contribution in [0, 0.1) is 12.8 Å². The number of ether oxygens (including phenoxy) is 1. The lowest BCUT2D eigenvalue weighted by molar-refractivity contribution is -0.140. The predicted octanol–water partition coefficient (Wildman–Crippen LogP) is 2.91. The molecule has 3 aliphatic rings. The number of amides is 2. The normalized spacial score (nSPS) is 25.1. The van der Waals surface area contributed by atoms with Crippen molar-refractivity contribution < 1.29 is 22.7 Å². The maximum atomic E-state index is 13.4. The molecule has 0 spiro atoms. The summed E-state index contributed by atoms with van der Waals surface area (Å²) in [6.07, 6.45) is 4.66. The van der Waals surface area contributed by atoms with Crippen LogP contribution in [0.15, 0.2) is 17.0 Å². The van der Waals surface area contributed by atoms with Gasteiger partial charge in [0.2, 0.25) is 15.9 Å². The number of carbonyl (C=O) groups is 2. The summed E-state index contributed by atoms with van der Waals surface area (Å²) in [6.45, 7) is 6.94. The van der Waals surface area contributed by atoms with E-state index in [4.69, 9.17) is 4.74 Å². The van der Waals surface area contributed by atoms with Crippen LogP contribution in [-0.4, -0.2) is 61.2 Å². The van der Waals surface area contributed by atoms with Crippen LogP contribution >= 0.6 is 0 Å². The van der Waals surface area contributed by atoms with Gasteiger partial charge < -0.3 is 15.0 Å². The molecule has 3 heterocycles. The third kappa shape index (κ3) is 4.24. The van der Waals surface area contributed by atoms with Gasteiger partial charge in [-0.05, 0) is 64.0 Å². The molecule has 2 atom stereocenters. The average molecular weight is 464 g/mol. The number of anilines is 1. The van der Waals surface area contributed by atoms with Crippen LogP contribution in [0.2, 0.25) is 0 Å². The topological polar surface area (TPSA) is 96.0 Å². The SMILES string of the molecule is CC[C@@H]1CCCCN1C(=O)C1CCN(S(=O)(=O)c2cc3c(cc2C)NC(=O)[C@H](C)O3)CC1. The minimum atomic E-state index is -3.73. The molecule has 0 unspecified atom stereocenters. The Kier molecular flexibility index (Phi) is 6.49. The minimum absolute atomic E-state index is 0.113. The molecule has 176 valence electrons. The maximum absolute atomic E-state index is 13.4. The fourth-order valence-corrected chi connectivity index (χ4v) is 6.74. The predicted molar refractivity (Wildman–Crippen MR) is 121 cm³/mol. The number of benzene rings is 1. The van der Waals surface area contributed by atoms with E-state index < -0.39 is 16.1 Å². The number of rotatable bonds is 4. The number of nitrogens with zero attached hydrogens (tertiary/aromatic N) is 2. The molecule has 8 nitrogen and oxygen atoms in total. The van der Waals surface area contributed by atoms with E-state index in [-0.39, 0.29) is 22.6 Å². The highest BCUT2D eigenvalue weighted by atomic mass is 32.2. The second kappa shape index (κ2) is 9.02. The standard InChI is InChI=1S/C23H33N3O5S/c1-4-18-7-5-6-10-26(18)23(28)17-8-11-25(12-9-17)32(29,30)21-14-20-19(13-15(21)2)24-22(27)16(3)31-20/h13-14,16-18H,4-12H2,1-3H3,(H,24,27)/t16-,18+/m0/s1. The van der Waals surface area contributed by atoms with E-state index in [1.807, 2.05) is 4.90 Å². The van der Waals surface area contributed by atoms with Crippen LogP contribution in [0.25, 0.3) is 0 Å². The molecule has 9 heteroatoms. The van der Waals surface area contributed by atoms with Crippen molar-refractivity contribution in [2.75, 3.05) is 25.0 Å². The Balaban J connectivity index is 1.47. The van der Waals surface area contributed by atoms with Gasteiger partial charge in [0.25, 0.3) is 5.91 Å². The summed E-state index contributed by atoms with van der Waals surface area (Å²) in [4.78, 5) is 27.2. The second-order valence-electron chi connectivity index (χ2n) is 9.13. The molecule has 4 rings (SSSR count). The zero-order valence-electron chi connectivity index (χ0n) is 19.1. The summed E-state index contributed by atoms with van der Waals surface area (Å²) < 4.78 is 33.9. The van der Waals surface area contributed by atoms with E-state index in [0.717, 1.165) is 25.8 Å². The molecule has 32 heavy (non-hydrogen) atoms. The van der Waals surface area contributed by atoms with Crippen molar-refractivity contribution in [2.45, 2.75) is 76.3 Å². The molecule has 0 aliphatic carbocycles. The number of piperidine rings is 2. The first-order valence-electron chi connectivity index (χ1n) is 11.6. The van der Waals surface area contributed by atoms with Crippen molar-refractivity contribution in [3.63, 3.8) is 0 Å². The lowest BCUT2D eigenvalue weighted by atomic mass is 9.92. The largest absolute Gasteiger partial charge is 0.479 e. The van der Waals surface area contributed by atoms with Crippen molar-refractivity contribution in [3.05, 3.63) is 17.7 Å². The molecule has 1 aromatic rings. The summed E-state index contributed by atoms with van der Waals surface area (Å²) in [5, 5.41) is 2.75. The van der Waals surface area contributed by atoms with Gasteiger partial charge in [0.15, 0.2) is 6.10 Å². The Morgan fingerprint density at radius 2 is 1.88 bits per heavy atom. The Hall–Kier alpha value is -2.13. The van der Waals surface area contributed by atoms with Gasteiger partial charge in [-0.25, -0.2) is 8.42 Å². The van der Waals surface area contributed by atoms with Crippen molar-refractivity contribution in [1.29, 1.82) is 0 Å². The van der Waals surface area contributed by atoms with Crippen LogP contribution in [0.4, 0.5) is 5.69 Å². The first-order chi connectivity index (χ1) is 15.2. The van der Waals surface area contributed by atoms with Gasteiger partial charge in [-0.15, -0.1) is 0 Å². The third-order valence-electron chi connectivity index (χ3n) is 7.01. The quantitative estimate of drug-likeness (QED) is 0.741. The number of sulfonamides is 1. The van der Waals surface area contributed by atoms with E-state index >= 15 is 0 Å². The van der Waals surface area contributed by atoms with Crippen LogP contribution < -0.4 is 10.1 Å². The van der Waals surface area contributed by atoms with Crippen molar-refractivity contribution >= 4 is 27.5 Å². The van der Waals surface area contributed by atoms with Crippen molar-refractivity contribution in [2.24, 2.45) is 5.92 Å². The highest BCUT2D eigenvalue weighted by Crippen LogP contribution is 2.36. The Labute approximate surface area is 190 Å². The Bertz CT molecular complexity index is 1000. The first kappa shape index (κ1) is 23.0. The molecule has 0 aromatic heterocycles. The van der Waals surface area contributed by atoms with Gasteiger partial charge in [0.1, 0.15) is 5.75 Å². The van der Waals surface area contributed by atoms with Gasteiger partial charge in [-0.1, -0.05) is 6.92 Å². The van der Waals surface area contributed by atoms with E-state index in [1.165, 1.54) is 16.8 Å². The van der Waals surface area contributed by atoms with E-state index in [9.17, 15) is 18.0 Å². The monoisotopic (exact) mass is 463 g/mol. The number of nitrogens with one attached hydrogen (secondary N) is 1. The Morgan fingerprint density at radius 3 is 2.56 bits per heavy atom. The summed E-state index contributed by atoms with van der Waals surface area (Å²) in [5.41, 5.74) is 1.04. The van der Waals surface area contributed by atoms with Crippen molar-refractivity contribution in [1.82, 2.24) is 9.21 Å². The summed E-state index contributed by atoms with van der Waals surface area (Å²) in [5.74, 6) is 0.189. The highest BCUT2D eigenvalue weighted by Gasteiger charge is 2.37. The third-order valence-corrected chi connectivity index (χ3v) is 9.05. The van der Waals surface area contributed by atoms with E-state index in [0.29, 0.717) is 49.0 Å². The van der Waals surface area contributed by atoms with Crippen LogP contribution in [-0.2, 0) is 19.6 Å². The lowest BCUT2D eigenvalue weighted by Crippen LogP contribution is -2.49. The zero-order chi connectivity index (χ0) is 23.0. The fourth-order valence-electron chi connectivity index (χ4n) is 5.05. The molecule has 0 bridgehead atoms. The summed E-state index contributed by atoms with van der Waals surface area (Å²) in [7, 11) is -3.73. The van der Waals surface area contributed by atoms with Crippen LogP contribution in [0.5, 0.6) is 5.75 Å². The minimum Gasteiger partial charge on any atom is -0.479 e. The number of likely N-dealkylation sites (tertiary alicyclic amines) is 1. The van der Waals surface area contributed by atoms with Gasteiger partial charge in [0.05, 0.1) is 10.6 Å². The van der Waals surface area contributed by atoms with Crippen molar-refractivity contribution in [3.8, 4) is 5.75 Å². The second-order valence-corrected chi connectivity index (χ2v) is 11.0. The van der Waals surface area contributed by atoms with Crippen LogP contribution in [0.1, 0.15) is 57.9 Å². The number of aryl methyl sites for hydroxylation is 1. The number of hydrogen-bond donors (Lipinski definition) is 1. The van der Waals surface area contributed by atoms with Gasteiger partial charge in [-0.2, -0.15) is 4.31 Å². The summed E-state index contributed by atoms with van der Waals surface area (Å²) >= 11 is 0. The first-order valence-corrected chi connectivity index (χ1v) is 13.1. The summed E-state index contributed by atoms with van der Waals surface area (Å²) in [6, 6.07) is 3.47. The van der Waals surface area contributed by atoms with Gasteiger partial charge >= 0.3 is 0 Å². The lowest BCUT2D eigenvalue weighted by Gasteiger charge is -2.39. The smallest absolute Gasteiger partial charge is 0.265 e. The molecule has 2 fully saturated rings. The van der Waals surface area contributed by atoms with E-state index in [2.05, 4.69) is 12.2 Å². The zero-order valence-corrected chi connectivity index (χ0v) is 19.9. The fraction of sp³-hybridized carbons (Fsp3) is 0.652. The van der Waals surface area contributed by atoms with E-state index in [1.54, 1.807) is 19.9 Å². The molecule has 1 aromatic carbocycles. The molecular formula is C23H33N3O5S. The Morgan fingerprint density at radius 1 is 1.16 bits per heavy atom. The number of carbonyl (C=O) groups excluding carboxylic acids is 2.